The van der Waals surface area contributed by atoms with Crippen LogP contribution in [-0.4, -0.2) is 17.6 Å². The van der Waals surface area contributed by atoms with Crippen molar-refractivity contribution < 1.29 is 9.90 Å². The third-order valence-electron chi connectivity index (χ3n) is 5.01. The van der Waals surface area contributed by atoms with Gasteiger partial charge in [0.15, 0.2) is 0 Å². The topological polar surface area (TPSA) is 49.3 Å². The zero-order valence-corrected chi connectivity index (χ0v) is 11.8. The fourth-order valence-electron chi connectivity index (χ4n) is 3.94. The number of fused-ring (bicyclic) bond motifs is 2. The highest BCUT2D eigenvalue weighted by Gasteiger charge is 2.40. The van der Waals surface area contributed by atoms with E-state index in [4.69, 9.17) is 0 Å². The first-order chi connectivity index (χ1) is 9.72. The molecule has 2 fully saturated rings. The molecular formula is C17H23NO2. The minimum Gasteiger partial charge on any atom is -0.387 e. The van der Waals surface area contributed by atoms with E-state index in [0.717, 1.165) is 17.4 Å². The van der Waals surface area contributed by atoms with Crippen molar-refractivity contribution in [2.75, 3.05) is 6.54 Å². The second kappa shape index (κ2) is 5.96. The van der Waals surface area contributed by atoms with Crippen molar-refractivity contribution in [1.29, 1.82) is 0 Å². The molecule has 3 nitrogen and oxygen atoms in total. The van der Waals surface area contributed by atoms with Crippen LogP contribution in [0.15, 0.2) is 30.3 Å². The first-order valence-corrected chi connectivity index (χ1v) is 7.72. The maximum Gasteiger partial charge on any atom is 0.220 e. The lowest BCUT2D eigenvalue weighted by Gasteiger charge is -2.21. The van der Waals surface area contributed by atoms with E-state index in [1.807, 2.05) is 30.3 Å². The van der Waals surface area contributed by atoms with Gasteiger partial charge in [-0.25, -0.2) is 0 Å². The van der Waals surface area contributed by atoms with Crippen molar-refractivity contribution >= 4 is 5.91 Å². The van der Waals surface area contributed by atoms with Crippen LogP contribution in [0, 0.1) is 17.8 Å². The SMILES string of the molecule is O=C(CC1CC2CCC1C2)NCC(O)c1ccccc1. The molecule has 3 heteroatoms. The zero-order chi connectivity index (χ0) is 13.9. The van der Waals surface area contributed by atoms with E-state index in [1.165, 1.54) is 25.7 Å². The summed E-state index contributed by atoms with van der Waals surface area (Å²) in [7, 11) is 0. The van der Waals surface area contributed by atoms with E-state index in [-0.39, 0.29) is 5.91 Å². The summed E-state index contributed by atoms with van der Waals surface area (Å²) in [6.45, 7) is 0.309. The Balaban J connectivity index is 1.43. The Labute approximate surface area is 120 Å². The second-order valence-corrected chi connectivity index (χ2v) is 6.37. The van der Waals surface area contributed by atoms with Crippen LogP contribution in [0.25, 0.3) is 0 Å². The average molecular weight is 273 g/mol. The first kappa shape index (κ1) is 13.6. The minimum absolute atomic E-state index is 0.0949. The lowest BCUT2D eigenvalue weighted by atomic mass is 9.86. The van der Waals surface area contributed by atoms with Gasteiger partial charge in [-0.3, -0.25) is 4.79 Å². The Bertz CT molecular complexity index is 459. The third kappa shape index (κ3) is 3.04. The molecule has 108 valence electrons. The van der Waals surface area contributed by atoms with Crippen LogP contribution in [0.1, 0.15) is 43.8 Å². The van der Waals surface area contributed by atoms with Gasteiger partial charge in [0.2, 0.25) is 5.91 Å². The molecule has 0 radical (unpaired) electrons. The van der Waals surface area contributed by atoms with Gasteiger partial charge in [-0.05, 0) is 42.6 Å². The van der Waals surface area contributed by atoms with Gasteiger partial charge in [-0.15, -0.1) is 0 Å². The smallest absolute Gasteiger partial charge is 0.220 e. The van der Waals surface area contributed by atoms with E-state index in [1.54, 1.807) is 0 Å². The Hall–Kier alpha value is -1.35. The van der Waals surface area contributed by atoms with Crippen molar-refractivity contribution in [3.63, 3.8) is 0 Å². The Morgan fingerprint density at radius 3 is 2.70 bits per heavy atom. The van der Waals surface area contributed by atoms with E-state index < -0.39 is 6.10 Å². The Kier molecular flexibility index (Phi) is 4.06. The molecule has 0 aromatic heterocycles. The van der Waals surface area contributed by atoms with Crippen molar-refractivity contribution in [2.24, 2.45) is 17.8 Å². The number of benzene rings is 1. The number of nitrogens with one attached hydrogen (secondary N) is 1. The lowest BCUT2D eigenvalue weighted by Crippen LogP contribution is -2.30. The van der Waals surface area contributed by atoms with Crippen molar-refractivity contribution in [1.82, 2.24) is 5.32 Å². The van der Waals surface area contributed by atoms with Gasteiger partial charge < -0.3 is 10.4 Å². The molecule has 2 saturated carbocycles. The summed E-state index contributed by atoms with van der Waals surface area (Å²) in [6.07, 6.45) is 5.29. The van der Waals surface area contributed by atoms with Crippen molar-refractivity contribution in [2.45, 2.75) is 38.2 Å². The van der Waals surface area contributed by atoms with Gasteiger partial charge in [0.05, 0.1) is 6.10 Å². The molecule has 3 rings (SSSR count). The maximum atomic E-state index is 12.0. The summed E-state index contributed by atoms with van der Waals surface area (Å²) < 4.78 is 0. The van der Waals surface area contributed by atoms with Crippen LogP contribution in [-0.2, 0) is 4.79 Å². The predicted molar refractivity (Wildman–Crippen MR) is 78.0 cm³/mol. The molecule has 0 spiro atoms. The van der Waals surface area contributed by atoms with Crippen molar-refractivity contribution in [3.05, 3.63) is 35.9 Å². The van der Waals surface area contributed by atoms with E-state index in [0.29, 0.717) is 18.9 Å². The Morgan fingerprint density at radius 2 is 2.05 bits per heavy atom. The number of hydrogen-bond donors (Lipinski definition) is 2. The highest BCUT2D eigenvalue weighted by molar-refractivity contribution is 5.76. The standard InChI is InChI=1S/C17H23NO2/c19-16(13-4-2-1-3-5-13)11-18-17(20)10-15-9-12-6-7-14(15)8-12/h1-5,12,14-16,19H,6-11H2,(H,18,20). The maximum absolute atomic E-state index is 12.0. The number of amides is 1. The van der Waals surface area contributed by atoms with Crippen LogP contribution >= 0.6 is 0 Å². The molecular weight excluding hydrogens is 250 g/mol. The van der Waals surface area contributed by atoms with Crippen LogP contribution in [0.2, 0.25) is 0 Å². The van der Waals surface area contributed by atoms with E-state index in [2.05, 4.69) is 5.32 Å². The number of aliphatic hydroxyl groups is 1. The summed E-state index contributed by atoms with van der Waals surface area (Å²) in [6, 6.07) is 9.48. The number of carbonyl (C=O) groups is 1. The van der Waals surface area contributed by atoms with Crippen LogP contribution in [0.4, 0.5) is 0 Å². The molecule has 2 aliphatic rings. The highest BCUT2D eigenvalue weighted by atomic mass is 16.3. The molecule has 0 aliphatic heterocycles. The fraction of sp³-hybridized carbons (Fsp3) is 0.588. The molecule has 4 atom stereocenters. The summed E-state index contributed by atoms with van der Waals surface area (Å²) in [5.41, 5.74) is 0.854. The average Bonchev–Trinajstić information content (AvgIpc) is 3.08. The number of rotatable bonds is 5. The van der Waals surface area contributed by atoms with Gasteiger partial charge in [-0.1, -0.05) is 36.8 Å². The molecule has 20 heavy (non-hydrogen) atoms. The molecule has 0 heterocycles. The van der Waals surface area contributed by atoms with Gasteiger partial charge >= 0.3 is 0 Å². The summed E-state index contributed by atoms with van der Waals surface area (Å²) in [5.74, 6) is 2.35. The van der Waals surface area contributed by atoms with Crippen LogP contribution in [0.5, 0.6) is 0 Å². The number of carbonyl (C=O) groups excluding carboxylic acids is 1. The van der Waals surface area contributed by atoms with E-state index in [9.17, 15) is 9.90 Å². The summed E-state index contributed by atoms with van der Waals surface area (Å²) in [4.78, 5) is 12.0. The molecule has 1 aromatic carbocycles. The monoisotopic (exact) mass is 273 g/mol. The minimum atomic E-state index is -0.611. The second-order valence-electron chi connectivity index (χ2n) is 6.37. The predicted octanol–water partition coefficient (Wildman–Crippen LogP) is 2.66. The van der Waals surface area contributed by atoms with Crippen molar-refractivity contribution in [3.8, 4) is 0 Å². The normalized spacial score (nSPS) is 29.4. The van der Waals surface area contributed by atoms with Gasteiger partial charge in [0, 0.05) is 13.0 Å². The third-order valence-corrected chi connectivity index (χ3v) is 5.01. The molecule has 4 unspecified atom stereocenters. The van der Waals surface area contributed by atoms with Crippen LogP contribution < -0.4 is 5.32 Å². The largest absolute Gasteiger partial charge is 0.387 e. The zero-order valence-electron chi connectivity index (χ0n) is 11.8. The quantitative estimate of drug-likeness (QED) is 0.866. The molecule has 1 amide bonds. The molecule has 2 N–H and O–H groups in total. The Morgan fingerprint density at radius 1 is 1.25 bits per heavy atom. The molecule has 2 aliphatic carbocycles. The molecule has 1 aromatic rings. The number of hydrogen-bond acceptors (Lipinski definition) is 2. The molecule has 2 bridgehead atoms. The summed E-state index contributed by atoms with van der Waals surface area (Å²) >= 11 is 0. The van der Waals surface area contributed by atoms with E-state index >= 15 is 0 Å². The summed E-state index contributed by atoms with van der Waals surface area (Å²) in [5, 5.41) is 12.9. The van der Waals surface area contributed by atoms with Gasteiger partial charge in [0.25, 0.3) is 0 Å². The van der Waals surface area contributed by atoms with Crippen LogP contribution in [0.3, 0.4) is 0 Å². The van der Waals surface area contributed by atoms with Gasteiger partial charge in [-0.2, -0.15) is 0 Å². The molecule has 0 saturated heterocycles. The fourth-order valence-corrected chi connectivity index (χ4v) is 3.94. The number of aliphatic hydroxyl groups excluding tert-OH is 1. The lowest BCUT2D eigenvalue weighted by molar-refractivity contribution is -0.122. The highest BCUT2D eigenvalue weighted by Crippen LogP contribution is 2.49. The van der Waals surface area contributed by atoms with Gasteiger partial charge in [0.1, 0.15) is 0 Å². The first-order valence-electron chi connectivity index (χ1n) is 7.72.